The zero-order valence-corrected chi connectivity index (χ0v) is 15.7. The lowest BCUT2D eigenvalue weighted by atomic mass is 10.2. The zero-order valence-electron chi connectivity index (χ0n) is 14.1. The van der Waals surface area contributed by atoms with Crippen molar-refractivity contribution in [3.8, 4) is 5.75 Å². The summed E-state index contributed by atoms with van der Waals surface area (Å²) in [6.45, 7) is 2.49. The molecule has 0 radical (unpaired) electrons. The number of nitrogens with one attached hydrogen (secondary N) is 1. The Bertz CT molecular complexity index is 908. The van der Waals surface area contributed by atoms with Gasteiger partial charge in [0.2, 0.25) is 0 Å². The second-order valence-corrected chi connectivity index (χ2v) is 7.01. The number of amides is 1. The van der Waals surface area contributed by atoms with E-state index >= 15 is 0 Å². The highest BCUT2D eigenvalue weighted by Gasteiger charge is 2.11. The lowest BCUT2D eigenvalue weighted by Gasteiger charge is -2.05. The van der Waals surface area contributed by atoms with Gasteiger partial charge in [-0.3, -0.25) is 4.79 Å². The maximum absolute atomic E-state index is 13.2. The molecule has 1 N–H and O–H groups in total. The van der Waals surface area contributed by atoms with Crippen molar-refractivity contribution in [2.75, 3.05) is 5.32 Å². The van der Waals surface area contributed by atoms with Gasteiger partial charge >= 0.3 is 0 Å². The highest BCUT2D eigenvalue weighted by Crippen LogP contribution is 2.22. The van der Waals surface area contributed by atoms with E-state index in [0.717, 1.165) is 17.7 Å². The summed E-state index contributed by atoms with van der Waals surface area (Å²) in [6.07, 6.45) is 0.989. The van der Waals surface area contributed by atoms with Crippen LogP contribution in [0.5, 0.6) is 5.75 Å². The Morgan fingerprint density at radius 3 is 2.62 bits per heavy atom. The molecule has 6 heteroatoms. The Morgan fingerprint density at radius 2 is 1.92 bits per heavy atom. The Hall–Kier alpha value is -2.37. The van der Waals surface area contributed by atoms with Gasteiger partial charge in [-0.05, 0) is 53.8 Å². The molecule has 3 rings (SSSR count). The van der Waals surface area contributed by atoms with Crippen molar-refractivity contribution in [2.45, 2.75) is 20.0 Å². The number of halogens is 2. The Kier molecular flexibility index (Phi) is 5.91. The smallest absolute Gasteiger partial charge is 0.265 e. The molecule has 3 aromatic rings. The van der Waals surface area contributed by atoms with Crippen LogP contribution in [0.25, 0.3) is 0 Å². The van der Waals surface area contributed by atoms with Gasteiger partial charge in [0.1, 0.15) is 18.2 Å². The molecule has 1 amide bonds. The third-order valence-electron chi connectivity index (χ3n) is 3.79. The SMILES string of the molecule is CCc1ccc(OCc2csc(C(=O)Nc3ccc(F)c(Cl)c3)c2)cc1. The molecule has 0 unspecified atom stereocenters. The minimum Gasteiger partial charge on any atom is -0.489 e. The summed E-state index contributed by atoms with van der Waals surface area (Å²) in [6, 6.07) is 13.8. The van der Waals surface area contributed by atoms with Gasteiger partial charge in [-0.2, -0.15) is 0 Å². The maximum atomic E-state index is 13.2. The summed E-state index contributed by atoms with van der Waals surface area (Å²) in [5.41, 5.74) is 2.62. The van der Waals surface area contributed by atoms with Gasteiger partial charge in [-0.25, -0.2) is 4.39 Å². The molecule has 2 aromatic carbocycles. The summed E-state index contributed by atoms with van der Waals surface area (Å²) in [5.74, 6) is 0.00349. The molecule has 0 spiro atoms. The average molecular weight is 390 g/mol. The summed E-state index contributed by atoms with van der Waals surface area (Å²) >= 11 is 7.05. The van der Waals surface area contributed by atoms with Crippen molar-refractivity contribution in [3.63, 3.8) is 0 Å². The molecular weight excluding hydrogens is 373 g/mol. The normalized spacial score (nSPS) is 10.6. The fourth-order valence-corrected chi connectivity index (χ4v) is 3.30. The van der Waals surface area contributed by atoms with Gasteiger partial charge in [-0.15, -0.1) is 11.3 Å². The van der Waals surface area contributed by atoms with Crippen molar-refractivity contribution in [1.29, 1.82) is 0 Å². The molecule has 0 saturated heterocycles. The molecule has 0 bridgehead atoms. The van der Waals surface area contributed by atoms with Crippen LogP contribution in [0.3, 0.4) is 0 Å². The minimum absolute atomic E-state index is 0.0304. The van der Waals surface area contributed by atoms with Gasteiger partial charge in [0, 0.05) is 11.3 Å². The van der Waals surface area contributed by atoms with Gasteiger partial charge in [0.05, 0.1) is 9.90 Å². The van der Waals surface area contributed by atoms with Crippen LogP contribution in [0, 0.1) is 5.82 Å². The zero-order chi connectivity index (χ0) is 18.5. The standard InChI is InChI=1S/C20H17ClFNO2S/c1-2-13-3-6-16(7-4-13)25-11-14-9-19(26-12-14)20(24)23-15-5-8-18(22)17(21)10-15/h3-10,12H,2,11H2,1H3,(H,23,24). The number of aryl methyl sites for hydroxylation is 1. The molecule has 1 aromatic heterocycles. The molecule has 0 atom stereocenters. The number of hydrogen-bond donors (Lipinski definition) is 1. The fourth-order valence-electron chi connectivity index (χ4n) is 2.32. The topological polar surface area (TPSA) is 38.3 Å². The molecule has 0 fully saturated rings. The van der Waals surface area contributed by atoms with Gasteiger partial charge in [0.25, 0.3) is 5.91 Å². The number of carbonyl (C=O) groups is 1. The molecule has 26 heavy (non-hydrogen) atoms. The molecule has 3 nitrogen and oxygen atoms in total. The number of anilines is 1. The first-order chi connectivity index (χ1) is 12.5. The highest BCUT2D eigenvalue weighted by molar-refractivity contribution is 7.12. The molecule has 1 heterocycles. The minimum atomic E-state index is -0.521. The molecular formula is C20H17ClFNO2S. The van der Waals surface area contributed by atoms with Crippen molar-refractivity contribution in [2.24, 2.45) is 0 Å². The lowest BCUT2D eigenvalue weighted by Crippen LogP contribution is -2.10. The largest absolute Gasteiger partial charge is 0.489 e. The van der Waals surface area contributed by atoms with Crippen molar-refractivity contribution >= 4 is 34.5 Å². The number of hydrogen-bond acceptors (Lipinski definition) is 3. The summed E-state index contributed by atoms with van der Waals surface area (Å²) < 4.78 is 18.9. The van der Waals surface area contributed by atoms with E-state index in [1.54, 1.807) is 6.07 Å². The number of carbonyl (C=O) groups excluding carboxylic acids is 1. The number of benzene rings is 2. The van der Waals surface area contributed by atoms with E-state index in [2.05, 4.69) is 12.2 Å². The first-order valence-corrected chi connectivity index (χ1v) is 9.36. The number of thiophene rings is 1. The van der Waals surface area contributed by atoms with E-state index in [1.807, 2.05) is 29.6 Å². The Morgan fingerprint density at radius 1 is 1.15 bits per heavy atom. The number of rotatable bonds is 6. The van der Waals surface area contributed by atoms with Crippen LogP contribution >= 0.6 is 22.9 Å². The van der Waals surface area contributed by atoms with Crippen molar-refractivity contribution < 1.29 is 13.9 Å². The summed E-state index contributed by atoms with van der Waals surface area (Å²) in [7, 11) is 0. The first kappa shape index (κ1) is 18.4. The van der Waals surface area contributed by atoms with E-state index in [1.165, 1.54) is 35.1 Å². The summed E-state index contributed by atoms with van der Waals surface area (Å²) in [5, 5.41) is 4.56. The van der Waals surface area contributed by atoms with E-state index < -0.39 is 5.82 Å². The van der Waals surface area contributed by atoms with E-state index in [4.69, 9.17) is 16.3 Å². The fraction of sp³-hybridized carbons (Fsp3) is 0.150. The van der Waals surface area contributed by atoms with Gasteiger partial charge in [-0.1, -0.05) is 30.7 Å². The Labute approximate surface area is 160 Å². The average Bonchev–Trinajstić information content (AvgIpc) is 3.13. The Balaban J connectivity index is 1.59. The predicted octanol–water partition coefficient (Wildman–Crippen LogP) is 5.93. The quantitative estimate of drug-likeness (QED) is 0.567. The van der Waals surface area contributed by atoms with E-state index in [9.17, 15) is 9.18 Å². The van der Waals surface area contributed by atoms with Crippen LogP contribution in [0.4, 0.5) is 10.1 Å². The third kappa shape index (κ3) is 4.62. The second kappa shape index (κ2) is 8.34. The predicted molar refractivity (Wildman–Crippen MR) is 104 cm³/mol. The molecule has 0 aliphatic carbocycles. The summed E-state index contributed by atoms with van der Waals surface area (Å²) in [4.78, 5) is 12.8. The molecule has 0 aliphatic heterocycles. The van der Waals surface area contributed by atoms with Crippen LogP contribution < -0.4 is 10.1 Å². The maximum Gasteiger partial charge on any atom is 0.265 e. The number of ether oxygens (including phenoxy) is 1. The second-order valence-electron chi connectivity index (χ2n) is 5.69. The van der Waals surface area contributed by atoms with Crippen molar-refractivity contribution in [3.05, 3.63) is 80.8 Å². The van der Waals surface area contributed by atoms with Crippen LogP contribution in [0.1, 0.15) is 27.7 Å². The van der Waals surface area contributed by atoms with Gasteiger partial charge < -0.3 is 10.1 Å². The van der Waals surface area contributed by atoms with Crippen LogP contribution in [-0.2, 0) is 13.0 Å². The monoisotopic (exact) mass is 389 g/mol. The first-order valence-electron chi connectivity index (χ1n) is 8.10. The molecule has 0 aliphatic rings. The van der Waals surface area contributed by atoms with E-state index in [0.29, 0.717) is 17.2 Å². The van der Waals surface area contributed by atoms with Gasteiger partial charge in [0.15, 0.2) is 0 Å². The van der Waals surface area contributed by atoms with Crippen LogP contribution in [-0.4, -0.2) is 5.91 Å². The van der Waals surface area contributed by atoms with Crippen LogP contribution in [0.15, 0.2) is 53.9 Å². The van der Waals surface area contributed by atoms with E-state index in [-0.39, 0.29) is 10.9 Å². The van der Waals surface area contributed by atoms with Crippen LogP contribution in [0.2, 0.25) is 5.02 Å². The molecule has 0 saturated carbocycles. The highest BCUT2D eigenvalue weighted by atomic mass is 35.5. The third-order valence-corrected chi connectivity index (χ3v) is 5.06. The lowest BCUT2D eigenvalue weighted by molar-refractivity contribution is 0.103. The molecule has 134 valence electrons. The van der Waals surface area contributed by atoms with Crippen molar-refractivity contribution in [1.82, 2.24) is 0 Å².